The molecule has 0 saturated carbocycles. The van der Waals surface area contributed by atoms with Gasteiger partial charge in [-0.25, -0.2) is 0 Å². The molecule has 0 aliphatic rings. The maximum Gasteiger partial charge on any atom is 0.0738 e. The molecule has 0 spiro atoms. The summed E-state index contributed by atoms with van der Waals surface area (Å²) in [7, 11) is 1.70. The van der Waals surface area contributed by atoms with Crippen LogP contribution in [0.1, 0.15) is 18.9 Å². The summed E-state index contributed by atoms with van der Waals surface area (Å²) in [6.07, 6.45) is 1.73. The minimum Gasteiger partial charge on any atom is -0.380 e. The quantitative estimate of drug-likeness (QED) is 0.625. The maximum absolute atomic E-state index is 6.18. The van der Waals surface area contributed by atoms with Crippen molar-refractivity contribution in [2.75, 3.05) is 7.11 Å². The molecule has 0 heterocycles. The lowest BCUT2D eigenvalue weighted by Gasteiger charge is -2.24. The lowest BCUT2D eigenvalue weighted by atomic mass is 10.00. The van der Waals surface area contributed by atoms with Gasteiger partial charge in [-0.05, 0) is 30.5 Å². The van der Waals surface area contributed by atoms with Crippen molar-refractivity contribution in [3.63, 3.8) is 0 Å². The highest BCUT2D eigenvalue weighted by Gasteiger charge is 2.19. The molecule has 3 nitrogen and oxygen atoms in total. The molecule has 0 aromatic heterocycles. The van der Waals surface area contributed by atoms with Crippen LogP contribution >= 0.6 is 27.5 Å². The van der Waals surface area contributed by atoms with Crippen molar-refractivity contribution < 1.29 is 4.74 Å². The fourth-order valence-corrected chi connectivity index (χ4v) is 2.59. The van der Waals surface area contributed by atoms with Gasteiger partial charge in [-0.15, -0.1) is 0 Å². The van der Waals surface area contributed by atoms with Gasteiger partial charge in [0, 0.05) is 16.6 Å². The van der Waals surface area contributed by atoms with Crippen molar-refractivity contribution in [1.29, 1.82) is 0 Å². The van der Waals surface area contributed by atoms with E-state index in [4.69, 9.17) is 22.2 Å². The molecule has 0 amide bonds. The van der Waals surface area contributed by atoms with E-state index in [0.717, 1.165) is 27.9 Å². The Hall–Kier alpha value is -0.130. The monoisotopic (exact) mass is 320 g/mol. The van der Waals surface area contributed by atoms with Crippen LogP contribution in [-0.4, -0.2) is 19.3 Å². The van der Waals surface area contributed by atoms with E-state index in [-0.39, 0.29) is 12.1 Å². The standard InChI is InChI=1S/C12H18BrClN2O/c1-3-12(17-2)11(16-15)6-8-4-5-9(13)7-10(8)14/h4-5,7,11-12,16H,3,6,15H2,1-2H3. The highest BCUT2D eigenvalue weighted by molar-refractivity contribution is 9.10. The van der Waals surface area contributed by atoms with Crippen molar-refractivity contribution in [3.8, 4) is 0 Å². The predicted molar refractivity (Wildman–Crippen MR) is 75.1 cm³/mol. The zero-order valence-electron chi connectivity index (χ0n) is 10.0. The zero-order valence-corrected chi connectivity index (χ0v) is 12.4. The average Bonchev–Trinajstić information content (AvgIpc) is 2.32. The number of rotatable bonds is 6. The third-order valence-corrected chi connectivity index (χ3v) is 3.67. The van der Waals surface area contributed by atoms with Crippen LogP contribution in [-0.2, 0) is 11.2 Å². The van der Waals surface area contributed by atoms with Gasteiger partial charge in [-0.1, -0.05) is 40.5 Å². The van der Waals surface area contributed by atoms with Crippen LogP contribution in [0.25, 0.3) is 0 Å². The molecule has 0 radical (unpaired) electrons. The summed E-state index contributed by atoms with van der Waals surface area (Å²) >= 11 is 9.57. The van der Waals surface area contributed by atoms with Gasteiger partial charge in [0.2, 0.25) is 0 Å². The average molecular weight is 322 g/mol. The molecular formula is C12H18BrClN2O. The Labute approximate surface area is 116 Å². The lowest BCUT2D eigenvalue weighted by molar-refractivity contribution is 0.0654. The molecule has 0 fully saturated rings. The molecule has 3 N–H and O–H groups in total. The summed E-state index contributed by atoms with van der Waals surface area (Å²) in [5.41, 5.74) is 3.86. The van der Waals surface area contributed by atoms with E-state index < -0.39 is 0 Å². The Balaban J connectivity index is 2.80. The fourth-order valence-electron chi connectivity index (χ4n) is 1.84. The van der Waals surface area contributed by atoms with Crippen molar-refractivity contribution in [1.82, 2.24) is 5.43 Å². The minimum absolute atomic E-state index is 0.0590. The highest BCUT2D eigenvalue weighted by Crippen LogP contribution is 2.23. The molecule has 0 saturated heterocycles. The first kappa shape index (κ1) is 14.9. The number of hydrogen-bond donors (Lipinski definition) is 2. The number of nitrogens with two attached hydrogens (primary N) is 1. The predicted octanol–water partition coefficient (Wildman–Crippen LogP) is 2.90. The molecule has 2 atom stereocenters. The molecule has 1 aromatic carbocycles. The Morgan fingerprint density at radius 1 is 1.53 bits per heavy atom. The third kappa shape index (κ3) is 4.23. The molecule has 17 heavy (non-hydrogen) atoms. The number of hydrazine groups is 1. The van der Waals surface area contributed by atoms with Crippen LogP contribution in [0.4, 0.5) is 0 Å². The first-order valence-corrected chi connectivity index (χ1v) is 6.72. The van der Waals surface area contributed by atoms with Crippen molar-refractivity contribution in [3.05, 3.63) is 33.3 Å². The van der Waals surface area contributed by atoms with Crippen molar-refractivity contribution in [2.45, 2.75) is 31.9 Å². The van der Waals surface area contributed by atoms with Gasteiger partial charge in [0.25, 0.3) is 0 Å². The number of halogens is 2. The Bertz CT molecular complexity index is 358. The highest BCUT2D eigenvalue weighted by atomic mass is 79.9. The number of nitrogens with one attached hydrogen (secondary N) is 1. The molecule has 0 bridgehead atoms. The molecule has 0 aliphatic heterocycles. The van der Waals surface area contributed by atoms with Gasteiger partial charge in [-0.3, -0.25) is 11.3 Å². The number of hydrogen-bond acceptors (Lipinski definition) is 3. The summed E-state index contributed by atoms with van der Waals surface area (Å²) in [6, 6.07) is 5.92. The minimum atomic E-state index is 0.0590. The first-order chi connectivity index (χ1) is 8.12. The van der Waals surface area contributed by atoms with Crippen LogP contribution < -0.4 is 11.3 Å². The van der Waals surface area contributed by atoms with Crippen molar-refractivity contribution >= 4 is 27.5 Å². The van der Waals surface area contributed by atoms with E-state index in [1.165, 1.54) is 0 Å². The Morgan fingerprint density at radius 2 is 2.24 bits per heavy atom. The summed E-state index contributed by atoms with van der Waals surface area (Å²) in [4.78, 5) is 0. The second-order valence-corrected chi connectivity index (χ2v) is 5.22. The van der Waals surface area contributed by atoms with Crippen LogP contribution in [0, 0.1) is 0 Å². The van der Waals surface area contributed by atoms with E-state index in [0.29, 0.717) is 0 Å². The van der Waals surface area contributed by atoms with Gasteiger partial charge in [0.15, 0.2) is 0 Å². The lowest BCUT2D eigenvalue weighted by Crippen LogP contribution is -2.46. The Kier molecular flexibility index (Phi) is 6.44. The van der Waals surface area contributed by atoms with E-state index in [1.54, 1.807) is 7.11 Å². The largest absolute Gasteiger partial charge is 0.380 e. The SMILES string of the molecule is CCC(OC)C(Cc1ccc(Br)cc1Cl)NN. The zero-order chi connectivity index (χ0) is 12.8. The topological polar surface area (TPSA) is 47.3 Å². The van der Waals surface area contributed by atoms with E-state index in [2.05, 4.69) is 28.3 Å². The molecular weight excluding hydrogens is 304 g/mol. The molecule has 1 rings (SSSR count). The fraction of sp³-hybridized carbons (Fsp3) is 0.500. The van der Waals surface area contributed by atoms with Crippen LogP contribution in [0.2, 0.25) is 5.02 Å². The van der Waals surface area contributed by atoms with Crippen LogP contribution in [0.3, 0.4) is 0 Å². The van der Waals surface area contributed by atoms with Crippen LogP contribution in [0.15, 0.2) is 22.7 Å². The maximum atomic E-state index is 6.18. The number of ether oxygens (including phenoxy) is 1. The van der Waals surface area contributed by atoms with Gasteiger partial charge < -0.3 is 4.74 Å². The van der Waals surface area contributed by atoms with E-state index >= 15 is 0 Å². The van der Waals surface area contributed by atoms with Gasteiger partial charge >= 0.3 is 0 Å². The number of methoxy groups -OCH3 is 1. The van der Waals surface area contributed by atoms with E-state index in [1.807, 2.05) is 18.2 Å². The normalized spacial score (nSPS) is 14.6. The summed E-state index contributed by atoms with van der Waals surface area (Å²) in [5.74, 6) is 5.57. The first-order valence-electron chi connectivity index (χ1n) is 5.55. The molecule has 1 aromatic rings. The molecule has 0 aliphatic carbocycles. The Morgan fingerprint density at radius 3 is 2.71 bits per heavy atom. The van der Waals surface area contributed by atoms with E-state index in [9.17, 15) is 0 Å². The second-order valence-electron chi connectivity index (χ2n) is 3.90. The molecule has 2 unspecified atom stereocenters. The molecule has 5 heteroatoms. The van der Waals surface area contributed by atoms with Crippen molar-refractivity contribution in [2.24, 2.45) is 5.84 Å². The smallest absolute Gasteiger partial charge is 0.0738 e. The van der Waals surface area contributed by atoms with Crippen LogP contribution in [0.5, 0.6) is 0 Å². The summed E-state index contributed by atoms with van der Waals surface area (Å²) < 4.78 is 6.37. The van der Waals surface area contributed by atoms with Gasteiger partial charge in [0.1, 0.15) is 0 Å². The molecule has 96 valence electrons. The van der Waals surface area contributed by atoms with Gasteiger partial charge in [-0.2, -0.15) is 0 Å². The van der Waals surface area contributed by atoms with Gasteiger partial charge in [0.05, 0.1) is 12.1 Å². The second kappa shape index (κ2) is 7.34. The third-order valence-electron chi connectivity index (χ3n) is 2.82. The number of benzene rings is 1. The summed E-state index contributed by atoms with van der Waals surface area (Å²) in [5, 5.41) is 0.741. The summed E-state index contributed by atoms with van der Waals surface area (Å²) in [6.45, 7) is 2.07.